The van der Waals surface area contributed by atoms with Crippen molar-refractivity contribution in [3.05, 3.63) is 94.9 Å². The summed E-state index contributed by atoms with van der Waals surface area (Å²) in [6, 6.07) is 26.6. The molecule has 0 spiro atoms. The van der Waals surface area contributed by atoms with Crippen molar-refractivity contribution in [2.75, 3.05) is 0 Å². The number of hydrogen-bond donors (Lipinski definition) is 0. The number of aryl methyl sites for hydroxylation is 1. The fourth-order valence-corrected chi connectivity index (χ4v) is 4.81. The largest absolute Gasteiger partial charge is 0.343 e. The Bertz CT molecular complexity index is 1220. The number of benzene rings is 3. The van der Waals surface area contributed by atoms with Crippen LogP contribution >= 0.6 is 11.8 Å². The highest BCUT2D eigenvalue weighted by molar-refractivity contribution is 8.04. The van der Waals surface area contributed by atoms with E-state index >= 15 is 0 Å². The zero-order valence-corrected chi connectivity index (χ0v) is 15.7. The number of aromatic nitrogens is 1. The van der Waals surface area contributed by atoms with Crippen LogP contribution in [0.5, 0.6) is 0 Å². The van der Waals surface area contributed by atoms with Crippen LogP contribution < -0.4 is 0 Å². The minimum absolute atomic E-state index is 0.113. The quantitative estimate of drug-likeness (QED) is 0.395. The van der Waals surface area contributed by atoms with Gasteiger partial charge in [-0.1, -0.05) is 72.4 Å². The molecule has 0 saturated heterocycles. The van der Waals surface area contributed by atoms with Crippen LogP contribution in [0.4, 0.5) is 0 Å². The number of ketones is 1. The maximum Gasteiger partial charge on any atom is 0.200 e. The summed E-state index contributed by atoms with van der Waals surface area (Å²) in [4.78, 5) is 14.7. The summed E-state index contributed by atoms with van der Waals surface area (Å²) in [5.74, 6) is 0.113. The molecule has 27 heavy (non-hydrogen) atoms. The molecule has 2 nitrogen and oxygen atoms in total. The predicted octanol–water partition coefficient (Wildman–Crippen LogP) is 6.17. The van der Waals surface area contributed by atoms with Gasteiger partial charge < -0.3 is 4.57 Å². The first-order valence-electron chi connectivity index (χ1n) is 8.90. The minimum atomic E-state index is 0.113. The third-order valence-corrected chi connectivity index (χ3v) is 6.14. The van der Waals surface area contributed by atoms with Gasteiger partial charge in [0.1, 0.15) is 0 Å². The number of rotatable bonds is 2. The van der Waals surface area contributed by atoms with Crippen LogP contribution in [0.2, 0.25) is 0 Å². The predicted molar refractivity (Wildman–Crippen MR) is 113 cm³/mol. The van der Waals surface area contributed by atoms with Crippen LogP contribution in [0.3, 0.4) is 0 Å². The number of carbonyl (C=O) groups is 1. The minimum Gasteiger partial charge on any atom is -0.343 e. The van der Waals surface area contributed by atoms with Gasteiger partial charge in [-0.3, -0.25) is 4.79 Å². The Balaban J connectivity index is 1.76. The summed E-state index contributed by atoms with van der Waals surface area (Å²) in [5, 5.41) is 1.16. The summed E-state index contributed by atoms with van der Waals surface area (Å²) in [6.07, 6.45) is 2.07. The number of nitrogens with zero attached hydrogens (tertiary/aromatic N) is 1. The molecule has 1 aromatic heterocycles. The van der Waals surface area contributed by atoms with Crippen molar-refractivity contribution in [3.8, 4) is 11.3 Å². The highest BCUT2D eigenvalue weighted by Crippen LogP contribution is 2.43. The van der Waals surface area contributed by atoms with Gasteiger partial charge in [0, 0.05) is 34.0 Å². The molecule has 3 aromatic carbocycles. The number of para-hydroxylation sites is 1. The highest BCUT2D eigenvalue weighted by atomic mass is 32.2. The van der Waals surface area contributed by atoms with Gasteiger partial charge in [0.2, 0.25) is 5.78 Å². The second-order valence-corrected chi connectivity index (χ2v) is 7.72. The molecule has 0 radical (unpaired) electrons. The SMILES string of the molecule is Cn1c(-c2ccccc2)c(C=C2Sc3ccccc3C2=O)c2ccccc21. The first kappa shape index (κ1) is 16.2. The molecule has 0 amide bonds. The molecule has 0 atom stereocenters. The van der Waals surface area contributed by atoms with Gasteiger partial charge >= 0.3 is 0 Å². The van der Waals surface area contributed by atoms with E-state index in [0.29, 0.717) is 0 Å². The zero-order valence-electron chi connectivity index (χ0n) is 14.8. The maximum absolute atomic E-state index is 12.9. The summed E-state index contributed by atoms with van der Waals surface area (Å²) in [6.45, 7) is 0. The normalized spacial score (nSPS) is 14.9. The van der Waals surface area contributed by atoms with Crippen LogP contribution in [-0.2, 0) is 7.05 Å². The van der Waals surface area contributed by atoms with E-state index in [0.717, 1.165) is 43.1 Å². The lowest BCUT2D eigenvalue weighted by Crippen LogP contribution is -1.95. The molecule has 1 aliphatic rings. The molecule has 0 bridgehead atoms. The third kappa shape index (κ3) is 2.54. The van der Waals surface area contributed by atoms with Gasteiger partial charge in [-0.05, 0) is 29.8 Å². The molecule has 0 fully saturated rings. The van der Waals surface area contributed by atoms with Gasteiger partial charge in [0.25, 0.3) is 0 Å². The Hall–Kier alpha value is -3.04. The number of carbonyl (C=O) groups excluding carboxylic acids is 1. The van der Waals surface area contributed by atoms with Crippen LogP contribution in [0.15, 0.2) is 88.7 Å². The van der Waals surface area contributed by atoms with Crippen LogP contribution in [-0.4, -0.2) is 10.4 Å². The van der Waals surface area contributed by atoms with Gasteiger partial charge in [-0.2, -0.15) is 0 Å². The smallest absolute Gasteiger partial charge is 0.200 e. The van der Waals surface area contributed by atoms with Crippen molar-refractivity contribution in [2.45, 2.75) is 4.90 Å². The highest BCUT2D eigenvalue weighted by Gasteiger charge is 2.26. The molecular formula is C24H17NOS. The molecule has 0 unspecified atom stereocenters. The van der Waals surface area contributed by atoms with Gasteiger partial charge in [0.05, 0.1) is 10.6 Å². The van der Waals surface area contributed by atoms with Crippen LogP contribution in [0, 0.1) is 0 Å². The lowest BCUT2D eigenvalue weighted by molar-refractivity contribution is 0.104. The topological polar surface area (TPSA) is 22.0 Å². The molecule has 4 aromatic rings. The van der Waals surface area contributed by atoms with Crippen LogP contribution in [0.25, 0.3) is 28.2 Å². The van der Waals surface area contributed by atoms with E-state index in [4.69, 9.17) is 0 Å². The number of thioether (sulfide) groups is 1. The third-order valence-electron chi connectivity index (χ3n) is 5.04. The van der Waals surface area contributed by atoms with E-state index < -0.39 is 0 Å². The standard InChI is InChI=1S/C24H17NOS/c1-25-20-13-7-5-11-17(20)19(23(25)16-9-3-2-4-10-16)15-22-24(26)18-12-6-8-14-21(18)27-22/h2-15H,1H3. The van der Waals surface area contributed by atoms with Crippen LogP contribution in [0.1, 0.15) is 15.9 Å². The Morgan fingerprint density at radius 3 is 2.37 bits per heavy atom. The fraction of sp³-hybridized carbons (Fsp3) is 0.0417. The van der Waals surface area contributed by atoms with Crippen molar-refractivity contribution in [2.24, 2.45) is 7.05 Å². The van der Waals surface area contributed by atoms with Crippen molar-refractivity contribution in [3.63, 3.8) is 0 Å². The van der Waals surface area contributed by atoms with Crippen molar-refractivity contribution >= 4 is 34.5 Å². The monoisotopic (exact) mass is 367 g/mol. The average Bonchev–Trinajstić information content (AvgIpc) is 3.18. The van der Waals surface area contributed by atoms with E-state index in [1.54, 1.807) is 11.8 Å². The molecule has 1 aliphatic heterocycles. The van der Waals surface area contributed by atoms with Gasteiger partial charge in [-0.25, -0.2) is 0 Å². The van der Waals surface area contributed by atoms with E-state index in [1.165, 1.54) is 0 Å². The van der Waals surface area contributed by atoms with E-state index in [2.05, 4.69) is 66.2 Å². The molecule has 130 valence electrons. The Morgan fingerprint density at radius 1 is 0.852 bits per heavy atom. The first-order chi connectivity index (χ1) is 13.2. The number of allylic oxidation sites excluding steroid dienone is 1. The molecule has 0 aliphatic carbocycles. The van der Waals surface area contributed by atoms with E-state index in [-0.39, 0.29) is 5.78 Å². The maximum atomic E-state index is 12.9. The number of fused-ring (bicyclic) bond motifs is 2. The lowest BCUT2D eigenvalue weighted by Gasteiger charge is -2.06. The Labute approximate surface area is 162 Å². The molecule has 2 heterocycles. The van der Waals surface area contributed by atoms with Gasteiger partial charge in [-0.15, -0.1) is 0 Å². The fourth-order valence-electron chi connectivity index (χ4n) is 3.78. The molecule has 3 heteroatoms. The van der Waals surface area contributed by atoms with Crippen molar-refractivity contribution in [1.82, 2.24) is 4.57 Å². The molecule has 0 saturated carbocycles. The summed E-state index contributed by atoms with van der Waals surface area (Å²) in [5.41, 5.74) is 5.35. The summed E-state index contributed by atoms with van der Waals surface area (Å²) >= 11 is 1.56. The number of hydrogen-bond acceptors (Lipinski definition) is 2. The van der Waals surface area contributed by atoms with Crippen molar-refractivity contribution < 1.29 is 4.79 Å². The summed E-state index contributed by atoms with van der Waals surface area (Å²) < 4.78 is 2.22. The molecule has 0 N–H and O–H groups in total. The van der Waals surface area contributed by atoms with E-state index in [1.807, 2.05) is 30.3 Å². The second-order valence-electron chi connectivity index (χ2n) is 6.64. The second kappa shape index (κ2) is 6.29. The van der Waals surface area contributed by atoms with Gasteiger partial charge in [0.15, 0.2) is 0 Å². The van der Waals surface area contributed by atoms with E-state index in [9.17, 15) is 4.79 Å². The molecule has 5 rings (SSSR count). The average molecular weight is 367 g/mol. The van der Waals surface area contributed by atoms with Crippen molar-refractivity contribution in [1.29, 1.82) is 0 Å². The Kier molecular flexibility index (Phi) is 3.76. The zero-order chi connectivity index (χ0) is 18.4. The molecular weight excluding hydrogens is 350 g/mol. The Morgan fingerprint density at radius 2 is 1.56 bits per heavy atom. The number of Topliss-reactive ketones (excluding diaryl/α,β-unsaturated/α-hetero) is 1. The summed E-state index contributed by atoms with van der Waals surface area (Å²) in [7, 11) is 2.09. The first-order valence-corrected chi connectivity index (χ1v) is 9.72. The lowest BCUT2D eigenvalue weighted by atomic mass is 10.0.